The van der Waals surface area contributed by atoms with Crippen molar-refractivity contribution in [2.75, 3.05) is 31.2 Å². The molecule has 4 heterocycles. The van der Waals surface area contributed by atoms with Crippen LogP contribution in [0.25, 0.3) is 0 Å². The minimum atomic E-state index is -0.686. The Kier molecular flexibility index (Phi) is 8.19. The fourth-order valence-electron chi connectivity index (χ4n) is 5.79. The second-order valence-corrected chi connectivity index (χ2v) is 13.2. The van der Waals surface area contributed by atoms with Crippen LogP contribution >= 0.6 is 0 Å². The number of pyridine rings is 1. The predicted molar refractivity (Wildman–Crippen MR) is 156 cm³/mol. The second kappa shape index (κ2) is 11.5. The Hall–Kier alpha value is -3.33. The zero-order valence-electron chi connectivity index (χ0n) is 25.2. The third-order valence-electron chi connectivity index (χ3n) is 7.73. The summed E-state index contributed by atoms with van der Waals surface area (Å²) in [5.41, 5.74) is 2.57. The molecule has 5 rings (SSSR count). The van der Waals surface area contributed by atoms with Crippen LogP contribution in [0, 0.1) is 0 Å². The molecule has 0 bridgehead atoms. The number of carbonyl (C=O) groups excluding carboxylic acids is 2. The lowest BCUT2D eigenvalue weighted by Gasteiger charge is -2.34. The first-order chi connectivity index (χ1) is 19.4. The van der Waals surface area contributed by atoms with Crippen molar-refractivity contribution < 1.29 is 28.5 Å². The molecule has 0 atom stereocenters. The third-order valence-corrected chi connectivity index (χ3v) is 7.73. The molecule has 9 heteroatoms. The number of amides is 2. The van der Waals surface area contributed by atoms with Gasteiger partial charge in [0.15, 0.2) is 0 Å². The largest absolute Gasteiger partial charge is 0.487 e. The summed E-state index contributed by atoms with van der Waals surface area (Å²) < 4.78 is 23.5. The summed E-state index contributed by atoms with van der Waals surface area (Å²) >= 11 is 0. The molecule has 2 amide bonds. The van der Waals surface area contributed by atoms with Crippen molar-refractivity contribution in [2.24, 2.45) is 0 Å². The van der Waals surface area contributed by atoms with Crippen molar-refractivity contribution in [3.8, 4) is 5.75 Å². The number of anilines is 2. The normalized spacial score (nSPS) is 18.6. The first-order valence-corrected chi connectivity index (χ1v) is 14.7. The van der Waals surface area contributed by atoms with E-state index in [-0.39, 0.29) is 12.0 Å². The van der Waals surface area contributed by atoms with E-state index in [4.69, 9.17) is 23.9 Å². The molecular weight excluding hydrogens is 522 g/mol. The van der Waals surface area contributed by atoms with Gasteiger partial charge >= 0.3 is 12.2 Å². The Morgan fingerprint density at radius 3 is 2.20 bits per heavy atom. The van der Waals surface area contributed by atoms with Gasteiger partial charge in [-0.2, -0.15) is 0 Å². The van der Waals surface area contributed by atoms with Crippen LogP contribution in [0.1, 0.15) is 95.8 Å². The number of fused-ring (bicyclic) bond motifs is 2. The zero-order valence-corrected chi connectivity index (χ0v) is 25.2. The van der Waals surface area contributed by atoms with Gasteiger partial charge in [-0.25, -0.2) is 19.5 Å². The molecule has 0 spiro atoms. The topological polar surface area (TPSA) is 90.4 Å². The van der Waals surface area contributed by atoms with Gasteiger partial charge < -0.3 is 23.8 Å². The summed E-state index contributed by atoms with van der Waals surface area (Å²) in [6, 6.07) is 8.10. The Balaban J connectivity index is 1.47. The molecule has 3 aliphatic rings. The number of rotatable bonds is 2. The van der Waals surface area contributed by atoms with E-state index in [1.807, 2.05) is 59.7 Å². The van der Waals surface area contributed by atoms with E-state index >= 15 is 0 Å². The van der Waals surface area contributed by atoms with E-state index in [0.29, 0.717) is 56.1 Å². The molecule has 2 saturated heterocycles. The minimum Gasteiger partial charge on any atom is -0.487 e. The highest BCUT2D eigenvalue weighted by atomic mass is 16.6. The number of benzene rings is 1. The molecule has 0 aliphatic carbocycles. The van der Waals surface area contributed by atoms with Gasteiger partial charge in [0.2, 0.25) is 0 Å². The number of likely N-dealkylation sites (tertiary alicyclic amines) is 1. The number of ether oxygens (including phenoxy) is 4. The van der Waals surface area contributed by atoms with Crippen LogP contribution in [-0.4, -0.2) is 59.6 Å². The molecule has 9 nitrogen and oxygen atoms in total. The van der Waals surface area contributed by atoms with Crippen LogP contribution in [0.2, 0.25) is 0 Å². The number of carbonyl (C=O) groups is 2. The molecule has 3 aliphatic heterocycles. The molecule has 2 aromatic rings. The van der Waals surface area contributed by atoms with Crippen molar-refractivity contribution >= 4 is 23.7 Å². The quantitative estimate of drug-likeness (QED) is 0.385. The molecule has 2 fully saturated rings. The first-order valence-electron chi connectivity index (χ1n) is 14.7. The van der Waals surface area contributed by atoms with E-state index in [9.17, 15) is 9.59 Å². The molecule has 222 valence electrons. The maximum atomic E-state index is 13.8. The lowest BCUT2D eigenvalue weighted by atomic mass is 9.88. The van der Waals surface area contributed by atoms with E-state index in [0.717, 1.165) is 42.4 Å². The van der Waals surface area contributed by atoms with Gasteiger partial charge in [-0.05, 0) is 108 Å². The Morgan fingerprint density at radius 2 is 1.54 bits per heavy atom. The maximum Gasteiger partial charge on any atom is 0.420 e. The minimum absolute atomic E-state index is 0.226. The fraction of sp³-hybridized carbons (Fsp3) is 0.594. The van der Waals surface area contributed by atoms with Crippen LogP contribution in [-0.2, 0) is 20.8 Å². The summed E-state index contributed by atoms with van der Waals surface area (Å²) in [4.78, 5) is 34.5. The maximum absolute atomic E-state index is 13.8. The van der Waals surface area contributed by atoms with Gasteiger partial charge in [0.05, 0.1) is 5.69 Å². The van der Waals surface area contributed by atoms with Gasteiger partial charge in [-0.15, -0.1) is 0 Å². The summed E-state index contributed by atoms with van der Waals surface area (Å²) in [6.07, 6.45) is 4.46. The molecule has 41 heavy (non-hydrogen) atoms. The molecule has 0 saturated carbocycles. The van der Waals surface area contributed by atoms with Gasteiger partial charge in [0.25, 0.3) is 0 Å². The highest BCUT2D eigenvalue weighted by Gasteiger charge is 2.35. The van der Waals surface area contributed by atoms with E-state index in [1.54, 1.807) is 16.0 Å². The molecular formula is C32H43N3O6. The van der Waals surface area contributed by atoms with Crippen molar-refractivity contribution in [3.63, 3.8) is 0 Å². The fourth-order valence-corrected chi connectivity index (χ4v) is 5.79. The highest BCUT2D eigenvalue weighted by molar-refractivity contribution is 5.98. The molecule has 0 unspecified atom stereocenters. The van der Waals surface area contributed by atoms with Crippen LogP contribution in [0.4, 0.5) is 21.1 Å². The van der Waals surface area contributed by atoms with E-state index in [2.05, 4.69) is 6.07 Å². The molecule has 0 N–H and O–H groups in total. The van der Waals surface area contributed by atoms with Gasteiger partial charge in [0.1, 0.15) is 29.4 Å². The van der Waals surface area contributed by atoms with E-state index in [1.165, 1.54) is 0 Å². The lowest BCUT2D eigenvalue weighted by Crippen LogP contribution is -2.41. The van der Waals surface area contributed by atoms with Crippen molar-refractivity contribution in [1.29, 1.82) is 0 Å². The Labute approximate surface area is 243 Å². The van der Waals surface area contributed by atoms with E-state index < -0.39 is 17.3 Å². The van der Waals surface area contributed by atoms with Gasteiger partial charge in [-0.3, -0.25) is 0 Å². The van der Waals surface area contributed by atoms with Gasteiger partial charge in [0, 0.05) is 38.1 Å². The molecule has 1 aromatic heterocycles. The second-order valence-electron chi connectivity index (χ2n) is 13.2. The standard InChI is InChI=1S/C32H43N3O6/c1-31(2,3)40-29(36)34-15-10-21(11-16-34)23-7-8-27-26(19-23)35(30(37)41-32(4,5)6)28-25(20-39-27)24(9-14-33-28)22-12-17-38-18-13-22/h7-9,14,19,21-22H,10-13,15-18,20H2,1-6H3. The predicted octanol–water partition coefficient (Wildman–Crippen LogP) is 7.06. The van der Waals surface area contributed by atoms with Crippen LogP contribution < -0.4 is 9.64 Å². The summed E-state index contributed by atoms with van der Waals surface area (Å²) in [5, 5.41) is 0. The molecule has 1 aromatic carbocycles. The number of piperidine rings is 1. The van der Waals surface area contributed by atoms with Crippen LogP contribution in [0.15, 0.2) is 30.5 Å². The number of hydrogen-bond acceptors (Lipinski definition) is 7. The summed E-state index contributed by atoms with van der Waals surface area (Å²) in [5.74, 6) is 1.71. The monoisotopic (exact) mass is 565 g/mol. The smallest absolute Gasteiger partial charge is 0.420 e. The van der Waals surface area contributed by atoms with Crippen molar-refractivity contribution in [3.05, 3.63) is 47.2 Å². The number of aromatic nitrogens is 1. The van der Waals surface area contributed by atoms with Crippen LogP contribution in [0.3, 0.4) is 0 Å². The summed E-state index contributed by atoms with van der Waals surface area (Å²) in [6.45, 7) is 14.2. The summed E-state index contributed by atoms with van der Waals surface area (Å²) in [7, 11) is 0. The Bertz CT molecular complexity index is 1270. The van der Waals surface area contributed by atoms with Crippen LogP contribution in [0.5, 0.6) is 5.75 Å². The average molecular weight is 566 g/mol. The average Bonchev–Trinajstić information content (AvgIpc) is 3.08. The van der Waals surface area contributed by atoms with Crippen molar-refractivity contribution in [2.45, 2.75) is 96.9 Å². The molecule has 0 radical (unpaired) electrons. The highest BCUT2D eigenvalue weighted by Crippen LogP contribution is 2.44. The lowest BCUT2D eigenvalue weighted by molar-refractivity contribution is 0.0204. The zero-order chi connectivity index (χ0) is 29.4. The SMILES string of the molecule is CC(C)(C)OC(=O)N1CCC(c2ccc3c(c2)N(C(=O)OC(C)(C)C)c2nccc(C4CCOCC4)c2CO3)CC1. The van der Waals surface area contributed by atoms with Gasteiger partial charge in [-0.1, -0.05) is 6.07 Å². The number of hydrogen-bond donors (Lipinski definition) is 0. The Morgan fingerprint density at radius 1 is 0.878 bits per heavy atom. The number of nitrogens with zero attached hydrogens (tertiary/aromatic N) is 3. The first kappa shape index (κ1) is 29.2. The van der Waals surface area contributed by atoms with Crippen molar-refractivity contribution in [1.82, 2.24) is 9.88 Å². The third kappa shape index (κ3) is 6.77.